The van der Waals surface area contributed by atoms with Crippen LogP contribution in [0.15, 0.2) is 54.7 Å². The molecule has 1 aromatic carbocycles. The first-order valence-electron chi connectivity index (χ1n) is 9.52. The van der Waals surface area contributed by atoms with Crippen molar-refractivity contribution in [2.45, 2.75) is 26.8 Å². The van der Waals surface area contributed by atoms with Gasteiger partial charge in [0.15, 0.2) is 5.69 Å². The zero-order valence-electron chi connectivity index (χ0n) is 16.6. The Morgan fingerprint density at radius 3 is 2.54 bits per heavy atom. The number of imidazole rings is 1. The lowest BCUT2D eigenvalue weighted by molar-refractivity contribution is 0.0782. The van der Waals surface area contributed by atoms with Gasteiger partial charge < -0.3 is 10.2 Å². The second kappa shape index (κ2) is 8.69. The van der Waals surface area contributed by atoms with Crippen LogP contribution in [0.3, 0.4) is 0 Å². The molecule has 0 aliphatic rings. The lowest BCUT2D eigenvalue weighted by atomic mass is 10.1. The van der Waals surface area contributed by atoms with E-state index in [1.54, 1.807) is 22.5 Å². The lowest BCUT2D eigenvalue weighted by Gasteiger charge is -2.16. The maximum atomic E-state index is 13.0. The first-order valence-corrected chi connectivity index (χ1v) is 9.52. The van der Waals surface area contributed by atoms with Crippen LogP contribution in [0.5, 0.6) is 0 Å². The van der Waals surface area contributed by atoms with Crippen molar-refractivity contribution in [1.82, 2.24) is 19.6 Å². The van der Waals surface area contributed by atoms with Crippen molar-refractivity contribution in [1.29, 1.82) is 0 Å². The summed E-state index contributed by atoms with van der Waals surface area (Å²) >= 11 is 0. The van der Waals surface area contributed by atoms with Crippen LogP contribution in [0, 0.1) is 5.92 Å². The first-order chi connectivity index (χ1) is 13.5. The number of nitrogens with zero attached hydrogens (tertiary/aromatic N) is 3. The molecule has 6 nitrogen and oxygen atoms in total. The predicted molar refractivity (Wildman–Crippen MR) is 109 cm³/mol. The molecule has 2 heterocycles. The minimum absolute atomic E-state index is 0.214. The molecule has 3 aromatic rings. The van der Waals surface area contributed by atoms with Crippen LogP contribution in [-0.2, 0) is 6.54 Å². The fourth-order valence-electron chi connectivity index (χ4n) is 3.02. The predicted octanol–water partition coefficient (Wildman–Crippen LogP) is 3.38. The first kappa shape index (κ1) is 19.6. The van der Waals surface area contributed by atoms with Gasteiger partial charge in [-0.15, -0.1) is 0 Å². The Morgan fingerprint density at radius 2 is 1.82 bits per heavy atom. The molecule has 146 valence electrons. The van der Waals surface area contributed by atoms with Gasteiger partial charge in [-0.2, -0.15) is 0 Å². The third-order valence-corrected chi connectivity index (χ3v) is 4.57. The van der Waals surface area contributed by atoms with Crippen LogP contribution in [-0.4, -0.2) is 39.7 Å². The molecule has 6 heteroatoms. The molecule has 0 saturated carbocycles. The molecule has 0 aliphatic carbocycles. The van der Waals surface area contributed by atoms with Crippen molar-refractivity contribution in [2.75, 3.05) is 13.6 Å². The molecular formula is C22H26N4O2. The smallest absolute Gasteiger partial charge is 0.287 e. The molecule has 0 unspecified atom stereocenters. The van der Waals surface area contributed by atoms with E-state index in [1.165, 1.54) is 0 Å². The summed E-state index contributed by atoms with van der Waals surface area (Å²) in [6, 6.07) is 15.2. The molecule has 2 aromatic heterocycles. The number of hydrogen-bond donors (Lipinski definition) is 1. The summed E-state index contributed by atoms with van der Waals surface area (Å²) in [7, 11) is 1.74. The maximum Gasteiger partial charge on any atom is 0.287 e. The monoisotopic (exact) mass is 378 g/mol. The summed E-state index contributed by atoms with van der Waals surface area (Å²) in [6.07, 6.45) is 2.65. The molecule has 28 heavy (non-hydrogen) atoms. The average Bonchev–Trinajstić information content (AvgIpc) is 3.07. The van der Waals surface area contributed by atoms with Crippen molar-refractivity contribution in [3.8, 4) is 0 Å². The normalized spacial score (nSPS) is 11.0. The molecule has 0 aliphatic heterocycles. The minimum Gasteiger partial charge on any atom is -0.349 e. The third-order valence-electron chi connectivity index (χ3n) is 4.57. The Kier molecular flexibility index (Phi) is 6.09. The van der Waals surface area contributed by atoms with Gasteiger partial charge in [-0.05, 0) is 30.0 Å². The number of amides is 2. The Labute approximate surface area is 165 Å². The fraction of sp³-hybridized carbons (Fsp3) is 0.318. The van der Waals surface area contributed by atoms with Crippen LogP contribution in [0.1, 0.15) is 46.9 Å². The van der Waals surface area contributed by atoms with E-state index in [1.807, 2.05) is 48.5 Å². The molecular weight excluding hydrogens is 352 g/mol. The van der Waals surface area contributed by atoms with E-state index < -0.39 is 0 Å². The number of fused-ring (bicyclic) bond motifs is 1. The van der Waals surface area contributed by atoms with E-state index in [-0.39, 0.29) is 23.3 Å². The zero-order valence-corrected chi connectivity index (χ0v) is 16.6. The third kappa shape index (κ3) is 4.39. The van der Waals surface area contributed by atoms with Crippen LogP contribution in [0.2, 0.25) is 0 Å². The Bertz CT molecular complexity index is 963. The largest absolute Gasteiger partial charge is 0.349 e. The second-order valence-corrected chi connectivity index (χ2v) is 7.33. The number of benzene rings is 1. The van der Waals surface area contributed by atoms with Gasteiger partial charge in [-0.1, -0.05) is 50.2 Å². The van der Waals surface area contributed by atoms with Gasteiger partial charge in [-0.3, -0.25) is 14.0 Å². The standard InChI is InChI=1S/C22H26N4O2/c1-16(2)12-13-23-21(27)20-24-19(18-11-7-8-14-26(18)20)22(28)25(3)15-17-9-5-4-6-10-17/h4-11,14,16H,12-13,15H2,1-3H3,(H,23,27). The van der Waals surface area contributed by atoms with Gasteiger partial charge in [0.05, 0.1) is 5.52 Å². The van der Waals surface area contributed by atoms with Gasteiger partial charge in [0.2, 0.25) is 5.82 Å². The van der Waals surface area contributed by atoms with Crippen LogP contribution >= 0.6 is 0 Å². The lowest BCUT2D eigenvalue weighted by Crippen LogP contribution is -2.28. The quantitative estimate of drug-likeness (QED) is 0.685. The Morgan fingerprint density at radius 1 is 1.11 bits per heavy atom. The highest BCUT2D eigenvalue weighted by molar-refractivity contribution is 6.02. The molecule has 3 rings (SSSR count). The van der Waals surface area contributed by atoms with Crippen molar-refractivity contribution in [3.63, 3.8) is 0 Å². The molecule has 2 amide bonds. The van der Waals surface area contributed by atoms with Crippen LogP contribution < -0.4 is 5.32 Å². The van der Waals surface area contributed by atoms with Crippen LogP contribution in [0.25, 0.3) is 5.52 Å². The topological polar surface area (TPSA) is 66.7 Å². The molecule has 0 spiro atoms. The number of carbonyl (C=O) groups is 2. The minimum atomic E-state index is -0.272. The fourth-order valence-corrected chi connectivity index (χ4v) is 3.02. The highest BCUT2D eigenvalue weighted by Gasteiger charge is 2.23. The number of pyridine rings is 1. The van der Waals surface area contributed by atoms with Crippen molar-refractivity contribution in [2.24, 2.45) is 5.92 Å². The van der Waals surface area contributed by atoms with E-state index in [2.05, 4.69) is 24.1 Å². The van der Waals surface area contributed by atoms with E-state index in [0.29, 0.717) is 24.5 Å². The van der Waals surface area contributed by atoms with Crippen molar-refractivity contribution in [3.05, 3.63) is 71.8 Å². The highest BCUT2D eigenvalue weighted by atomic mass is 16.2. The van der Waals surface area contributed by atoms with Gasteiger partial charge in [-0.25, -0.2) is 4.98 Å². The molecule has 1 N–H and O–H groups in total. The summed E-state index contributed by atoms with van der Waals surface area (Å²) in [5, 5.41) is 2.90. The van der Waals surface area contributed by atoms with Gasteiger partial charge in [0.1, 0.15) is 0 Å². The summed E-state index contributed by atoms with van der Waals surface area (Å²) in [5.41, 5.74) is 1.95. The van der Waals surface area contributed by atoms with Crippen molar-refractivity contribution < 1.29 is 9.59 Å². The number of hydrogen-bond acceptors (Lipinski definition) is 3. The zero-order chi connectivity index (χ0) is 20.1. The number of aromatic nitrogens is 2. The van der Waals surface area contributed by atoms with Crippen molar-refractivity contribution >= 4 is 17.3 Å². The SMILES string of the molecule is CC(C)CCNC(=O)c1nc(C(=O)N(C)Cc2ccccc2)c2ccccn12. The molecule has 0 fully saturated rings. The highest BCUT2D eigenvalue weighted by Crippen LogP contribution is 2.16. The van der Waals surface area contributed by atoms with Crippen LogP contribution in [0.4, 0.5) is 0 Å². The maximum absolute atomic E-state index is 13.0. The summed E-state index contributed by atoms with van der Waals surface area (Å²) < 4.78 is 1.67. The van der Waals surface area contributed by atoms with Gasteiger partial charge in [0.25, 0.3) is 11.8 Å². The second-order valence-electron chi connectivity index (χ2n) is 7.33. The van der Waals surface area contributed by atoms with E-state index in [9.17, 15) is 9.59 Å². The molecule has 0 saturated heterocycles. The number of rotatable bonds is 7. The summed E-state index contributed by atoms with van der Waals surface area (Å²) in [6.45, 7) is 5.27. The number of carbonyl (C=O) groups excluding carboxylic acids is 2. The molecule has 0 radical (unpaired) electrons. The molecule has 0 bridgehead atoms. The summed E-state index contributed by atoms with van der Waals surface area (Å²) in [4.78, 5) is 31.7. The Balaban J connectivity index is 1.85. The summed E-state index contributed by atoms with van der Waals surface area (Å²) in [5.74, 6) is 0.248. The van der Waals surface area contributed by atoms with Gasteiger partial charge in [0, 0.05) is 26.3 Å². The number of nitrogens with one attached hydrogen (secondary N) is 1. The van der Waals surface area contributed by atoms with E-state index in [4.69, 9.17) is 0 Å². The van der Waals surface area contributed by atoms with E-state index in [0.717, 1.165) is 12.0 Å². The Hall–Kier alpha value is -3.15. The van der Waals surface area contributed by atoms with Gasteiger partial charge >= 0.3 is 0 Å². The average molecular weight is 378 g/mol. The molecule has 0 atom stereocenters. The van der Waals surface area contributed by atoms with E-state index >= 15 is 0 Å².